The van der Waals surface area contributed by atoms with E-state index in [2.05, 4.69) is 15.3 Å². The minimum Gasteiger partial charge on any atom is -0.495 e. The van der Waals surface area contributed by atoms with Crippen LogP contribution in [0.5, 0.6) is 17.5 Å². The fourth-order valence-electron chi connectivity index (χ4n) is 4.23. The second-order valence-corrected chi connectivity index (χ2v) is 8.09. The van der Waals surface area contributed by atoms with Crippen LogP contribution >= 0.6 is 0 Å². The van der Waals surface area contributed by atoms with Gasteiger partial charge in [-0.25, -0.2) is 4.79 Å². The van der Waals surface area contributed by atoms with E-state index >= 15 is 0 Å². The summed E-state index contributed by atoms with van der Waals surface area (Å²) >= 11 is 0. The Morgan fingerprint density at radius 1 is 1.06 bits per heavy atom. The Balaban J connectivity index is 1.23. The Morgan fingerprint density at radius 3 is 2.58 bits per heavy atom. The first-order valence-electron chi connectivity index (χ1n) is 11.1. The van der Waals surface area contributed by atoms with Crippen molar-refractivity contribution >= 4 is 17.6 Å². The summed E-state index contributed by atoms with van der Waals surface area (Å²) in [5.41, 5.74) is 0.715. The maximum Gasteiger partial charge on any atom is 0.325 e. The van der Waals surface area contributed by atoms with E-state index in [1.54, 1.807) is 23.1 Å². The first-order chi connectivity index (χ1) is 16.1. The third-order valence-corrected chi connectivity index (χ3v) is 5.93. The largest absolute Gasteiger partial charge is 0.495 e. The second-order valence-electron chi connectivity index (χ2n) is 8.09. The second kappa shape index (κ2) is 10.4. The number of methoxy groups -OCH3 is 2. The SMILES string of the molecule is COc1cncc(OC2CCC(NC(=O)CN3CCN(c4ccccc4OC)C3=O)CC2)n1. The molecule has 10 nitrogen and oxygen atoms in total. The number of anilines is 1. The molecule has 1 aliphatic heterocycles. The lowest BCUT2D eigenvalue weighted by Gasteiger charge is -2.29. The van der Waals surface area contributed by atoms with Crippen molar-refractivity contribution in [2.45, 2.75) is 37.8 Å². The van der Waals surface area contributed by atoms with Crippen LogP contribution in [0.1, 0.15) is 25.7 Å². The zero-order valence-electron chi connectivity index (χ0n) is 18.9. The molecule has 4 rings (SSSR count). The van der Waals surface area contributed by atoms with E-state index < -0.39 is 0 Å². The standard InChI is InChI=1S/C23H29N5O5/c1-31-19-6-4-3-5-18(19)28-12-11-27(23(28)30)15-20(29)25-16-7-9-17(10-8-16)33-22-14-24-13-21(26-22)32-2/h3-6,13-14,16-17H,7-12,15H2,1-2H3,(H,25,29). The van der Waals surface area contributed by atoms with Crippen molar-refractivity contribution in [3.05, 3.63) is 36.7 Å². The number of carbonyl (C=O) groups is 2. The molecule has 0 radical (unpaired) electrons. The monoisotopic (exact) mass is 455 g/mol. The first-order valence-corrected chi connectivity index (χ1v) is 11.1. The number of amides is 3. The predicted octanol–water partition coefficient (Wildman–Crippen LogP) is 2.24. The summed E-state index contributed by atoms with van der Waals surface area (Å²) in [6.45, 7) is 1.05. The number of benzene rings is 1. The van der Waals surface area contributed by atoms with Crippen LogP contribution in [-0.4, -0.2) is 72.8 Å². The molecule has 0 unspecified atom stereocenters. The normalized spacial score (nSPS) is 20.5. The third-order valence-electron chi connectivity index (χ3n) is 5.93. The van der Waals surface area contributed by atoms with Crippen LogP contribution in [0.3, 0.4) is 0 Å². The Kier molecular flexibility index (Phi) is 7.11. The highest BCUT2D eigenvalue weighted by molar-refractivity contribution is 5.97. The molecule has 1 aromatic heterocycles. The summed E-state index contributed by atoms with van der Waals surface area (Å²) in [4.78, 5) is 37.0. The molecule has 33 heavy (non-hydrogen) atoms. The molecule has 1 aliphatic carbocycles. The van der Waals surface area contributed by atoms with Crippen molar-refractivity contribution < 1.29 is 23.8 Å². The highest BCUT2D eigenvalue weighted by atomic mass is 16.5. The number of nitrogens with one attached hydrogen (secondary N) is 1. The van der Waals surface area contributed by atoms with Crippen molar-refractivity contribution in [3.8, 4) is 17.5 Å². The molecular weight excluding hydrogens is 426 g/mol. The first kappa shape index (κ1) is 22.6. The number of aromatic nitrogens is 2. The van der Waals surface area contributed by atoms with E-state index in [9.17, 15) is 9.59 Å². The molecule has 0 bridgehead atoms. The van der Waals surface area contributed by atoms with Crippen molar-refractivity contribution in [1.29, 1.82) is 0 Å². The molecule has 2 aliphatic rings. The smallest absolute Gasteiger partial charge is 0.325 e. The van der Waals surface area contributed by atoms with Gasteiger partial charge in [0.1, 0.15) is 18.4 Å². The lowest BCUT2D eigenvalue weighted by Crippen LogP contribution is -2.45. The van der Waals surface area contributed by atoms with E-state index in [0.717, 1.165) is 25.7 Å². The van der Waals surface area contributed by atoms with E-state index in [1.165, 1.54) is 13.3 Å². The number of nitrogens with zero attached hydrogens (tertiary/aromatic N) is 4. The number of hydrogen-bond donors (Lipinski definition) is 1. The Bertz CT molecular complexity index is 979. The average molecular weight is 456 g/mol. The van der Waals surface area contributed by atoms with Gasteiger partial charge in [-0.1, -0.05) is 12.1 Å². The maximum absolute atomic E-state index is 12.8. The molecule has 1 saturated heterocycles. The van der Waals surface area contributed by atoms with Gasteiger partial charge in [0.05, 0.1) is 32.3 Å². The Hall–Kier alpha value is -3.56. The lowest BCUT2D eigenvalue weighted by molar-refractivity contribution is -0.122. The van der Waals surface area contributed by atoms with E-state index in [0.29, 0.717) is 36.3 Å². The van der Waals surface area contributed by atoms with Gasteiger partial charge < -0.3 is 24.4 Å². The number of para-hydroxylation sites is 2. The molecule has 0 atom stereocenters. The fraction of sp³-hybridized carbons (Fsp3) is 0.478. The quantitative estimate of drug-likeness (QED) is 0.651. The van der Waals surface area contributed by atoms with Crippen LogP contribution in [0.15, 0.2) is 36.7 Å². The molecule has 0 spiro atoms. The van der Waals surface area contributed by atoms with Gasteiger partial charge in [0, 0.05) is 19.1 Å². The van der Waals surface area contributed by atoms with Crippen molar-refractivity contribution in [2.75, 3.05) is 38.8 Å². The molecule has 1 N–H and O–H groups in total. The Labute approximate surface area is 192 Å². The molecule has 3 amide bonds. The molecule has 2 heterocycles. The minimum absolute atomic E-state index is 0.0223. The molecule has 2 aromatic rings. The van der Waals surface area contributed by atoms with Gasteiger partial charge in [-0.05, 0) is 37.8 Å². The zero-order chi connectivity index (χ0) is 23.2. The van der Waals surface area contributed by atoms with Gasteiger partial charge in [-0.3, -0.25) is 14.7 Å². The van der Waals surface area contributed by atoms with Crippen molar-refractivity contribution in [3.63, 3.8) is 0 Å². The van der Waals surface area contributed by atoms with Crippen LogP contribution in [0.2, 0.25) is 0 Å². The maximum atomic E-state index is 12.8. The van der Waals surface area contributed by atoms with Gasteiger partial charge in [-0.2, -0.15) is 4.98 Å². The van der Waals surface area contributed by atoms with Gasteiger partial charge >= 0.3 is 6.03 Å². The van der Waals surface area contributed by atoms with Crippen molar-refractivity contribution in [2.24, 2.45) is 0 Å². The van der Waals surface area contributed by atoms with Crippen LogP contribution in [0.4, 0.5) is 10.5 Å². The van der Waals surface area contributed by atoms with Gasteiger partial charge in [0.2, 0.25) is 17.7 Å². The van der Waals surface area contributed by atoms with Crippen LogP contribution in [0, 0.1) is 0 Å². The average Bonchev–Trinajstić information content (AvgIpc) is 3.20. The summed E-state index contributed by atoms with van der Waals surface area (Å²) in [6, 6.07) is 7.26. The highest BCUT2D eigenvalue weighted by Gasteiger charge is 2.33. The van der Waals surface area contributed by atoms with Gasteiger partial charge in [0.15, 0.2) is 0 Å². The lowest BCUT2D eigenvalue weighted by atomic mass is 9.93. The summed E-state index contributed by atoms with van der Waals surface area (Å²) < 4.78 is 16.3. The highest BCUT2D eigenvalue weighted by Crippen LogP contribution is 2.30. The summed E-state index contributed by atoms with van der Waals surface area (Å²) in [5.74, 6) is 1.34. The number of urea groups is 1. The summed E-state index contributed by atoms with van der Waals surface area (Å²) in [6.07, 6.45) is 6.32. The van der Waals surface area contributed by atoms with E-state index in [1.807, 2.05) is 24.3 Å². The minimum atomic E-state index is -0.189. The third kappa shape index (κ3) is 5.44. The summed E-state index contributed by atoms with van der Waals surface area (Å²) in [5, 5.41) is 3.07. The summed E-state index contributed by atoms with van der Waals surface area (Å²) in [7, 11) is 3.11. The molecule has 1 saturated carbocycles. The van der Waals surface area contributed by atoms with E-state index in [-0.39, 0.29) is 30.6 Å². The molecule has 10 heteroatoms. The van der Waals surface area contributed by atoms with Crippen LogP contribution in [0.25, 0.3) is 0 Å². The number of rotatable bonds is 8. The van der Waals surface area contributed by atoms with Gasteiger partial charge in [0.25, 0.3) is 0 Å². The molecule has 176 valence electrons. The molecule has 2 fully saturated rings. The number of carbonyl (C=O) groups excluding carboxylic acids is 2. The zero-order valence-corrected chi connectivity index (χ0v) is 18.9. The van der Waals surface area contributed by atoms with Crippen molar-refractivity contribution in [1.82, 2.24) is 20.2 Å². The van der Waals surface area contributed by atoms with Gasteiger partial charge in [-0.15, -0.1) is 0 Å². The fourth-order valence-corrected chi connectivity index (χ4v) is 4.23. The predicted molar refractivity (Wildman–Crippen MR) is 121 cm³/mol. The topological polar surface area (TPSA) is 106 Å². The number of ether oxygens (including phenoxy) is 3. The number of hydrogen-bond acceptors (Lipinski definition) is 7. The Morgan fingerprint density at radius 2 is 1.82 bits per heavy atom. The molecular formula is C23H29N5O5. The van der Waals surface area contributed by atoms with E-state index in [4.69, 9.17) is 14.2 Å². The van der Waals surface area contributed by atoms with Crippen LogP contribution < -0.4 is 24.4 Å². The van der Waals surface area contributed by atoms with Crippen LogP contribution in [-0.2, 0) is 4.79 Å². The molecule has 1 aromatic carbocycles.